The molecule has 1 fully saturated rings. The summed E-state index contributed by atoms with van der Waals surface area (Å²) < 4.78 is -1.42. The summed E-state index contributed by atoms with van der Waals surface area (Å²) in [6, 6.07) is 12.2. The van der Waals surface area contributed by atoms with Crippen molar-refractivity contribution in [2.75, 3.05) is 12.3 Å². The third-order valence-electron chi connectivity index (χ3n) is 12.5. The number of amides is 7. The maximum absolute atomic E-state index is 14.9. The molecule has 0 saturated carbocycles. The Labute approximate surface area is 447 Å². The van der Waals surface area contributed by atoms with Crippen LogP contribution >= 0.6 is 21.6 Å². The number of para-hydroxylation sites is 1. The first-order chi connectivity index (χ1) is 36.1. The molecule has 22 nitrogen and oxygen atoms in total. The molecule has 3 aromatic carbocycles. The molecule has 24 heteroatoms. The summed E-state index contributed by atoms with van der Waals surface area (Å²) in [5.74, 6) is -9.92. The number of carbonyl (C=O) groups excluding carboxylic acids is 7. The standard InChI is InChI=1S/C52H65N11O11S2/c1-28(2)42(51(73)74)62-49(71)40-27-75-76-52(3,4)43(63-44(66)34(55)24-41(64)65)50(72)60-38(21-29-11-6-5-7-12-29)46(68)59-39(23-32-26-56-35-14-9-8-13-33(32)35)48(70)57-36(15-10-20-53)45(67)58-37(47(69)61-40)22-30-16-18-31(25-54)19-17-30/h5-9,11-14,16-19,26,28,34,36-40,42-43,56H,10,15,20-24,27,53,55H2,1-4H3,(H,57,70)(H,58,67)(H,59,68)(H,60,72)(H,61,69)(H,62,71)(H,63,66)(H,64,65)(H,73,74)/t34-,36-,37?,38?,39+,40?,42?,43+/m0/s1. The number of benzene rings is 3. The van der Waals surface area contributed by atoms with Crippen LogP contribution in [0.4, 0.5) is 0 Å². The molecule has 0 radical (unpaired) electrons. The van der Waals surface area contributed by atoms with Gasteiger partial charge in [-0.1, -0.05) is 96.1 Å². The number of rotatable bonds is 17. The number of carboxylic acid groups (broad SMARTS) is 2. The van der Waals surface area contributed by atoms with Gasteiger partial charge >= 0.3 is 11.9 Å². The summed E-state index contributed by atoms with van der Waals surface area (Å²) in [5.41, 5.74) is 14.6. The number of carbonyl (C=O) groups is 9. The van der Waals surface area contributed by atoms with E-state index in [-0.39, 0.29) is 44.4 Å². The molecule has 76 heavy (non-hydrogen) atoms. The largest absolute Gasteiger partial charge is 0.481 e. The zero-order valence-corrected chi connectivity index (χ0v) is 44.1. The predicted molar refractivity (Wildman–Crippen MR) is 286 cm³/mol. The molecule has 0 bridgehead atoms. The summed E-state index contributed by atoms with van der Waals surface area (Å²) in [7, 11) is 1.91. The smallest absolute Gasteiger partial charge is 0.326 e. The highest BCUT2D eigenvalue weighted by atomic mass is 33.1. The average Bonchev–Trinajstić information content (AvgIpc) is 3.79. The zero-order chi connectivity index (χ0) is 55.7. The summed E-state index contributed by atoms with van der Waals surface area (Å²) >= 11 is 0. The lowest BCUT2D eigenvalue weighted by atomic mass is 9.98. The third-order valence-corrected chi connectivity index (χ3v) is 15.8. The molecule has 5 rings (SSSR count). The van der Waals surface area contributed by atoms with Crippen LogP contribution < -0.4 is 48.7 Å². The fourth-order valence-corrected chi connectivity index (χ4v) is 11.0. The van der Waals surface area contributed by atoms with Gasteiger partial charge in [-0.3, -0.25) is 38.4 Å². The minimum atomic E-state index is -1.62. The van der Waals surface area contributed by atoms with Gasteiger partial charge in [-0.15, -0.1) is 0 Å². The van der Waals surface area contributed by atoms with Crippen LogP contribution in [0.2, 0.25) is 0 Å². The molecule has 8 atom stereocenters. The number of nitrogens with zero attached hydrogens (tertiary/aromatic N) is 1. The molecule has 406 valence electrons. The quantitative estimate of drug-likeness (QED) is 0.0654. The predicted octanol–water partition coefficient (Wildman–Crippen LogP) is 0.916. The van der Waals surface area contributed by atoms with Crippen LogP contribution in [0, 0.1) is 17.2 Å². The molecule has 4 unspecified atom stereocenters. The van der Waals surface area contributed by atoms with Crippen molar-refractivity contribution in [2.45, 2.75) is 119 Å². The summed E-state index contributed by atoms with van der Waals surface area (Å²) in [4.78, 5) is 129. The lowest BCUT2D eigenvalue weighted by molar-refractivity contribution is -0.143. The van der Waals surface area contributed by atoms with E-state index in [4.69, 9.17) is 11.5 Å². The summed E-state index contributed by atoms with van der Waals surface area (Å²) in [6.45, 7) is 6.34. The minimum Gasteiger partial charge on any atom is -0.481 e. The van der Waals surface area contributed by atoms with Crippen molar-refractivity contribution < 1.29 is 53.4 Å². The SMILES string of the molecule is CC(C)C(NC(=O)C1CSSC(C)(C)[C@H](NC(=O)[C@@H](N)CC(=O)O)C(=O)NC(Cc2ccccc2)C(=O)N[C@H](Cc2c[nH]c3ccccc23)C(=O)N[C@@H](CCCN)C(=O)NC(Cc2ccc(C#N)cc2)C(=O)N1)C(=O)O. The Bertz CT molecular complexity index is 2770. The van der Waals surface area contributed by atoms with Gasteiger partial charge in [0.15, 0.2) is 0 Å². The summed E-state index contributed by atoms with van der Waals surface area (Å²) in [5, 5.41) is 48.5. The molecule has 1 saturated heterocycles. The summed E-state index contributed by atoms with van der Waals surface area (Å²) in [6.07, 6.45) is 0.585. The minimum absolute atomic E-state index is 0.0383. The lowest BCUT2D eigenvalue weighted by Gasteiger charge is -2.35. The molecule has 1 aliphatic rings. The van der Waals surface area contributed by atoms with Gasteiger partial charge in [0.25, 0.3) is 0 Å². The first-order valence-corrected chi connectivity index (χ1v) is 26.8. The van der Waals surface area contributed by atoms with E-state index >= 15 is 0 Å². The molecule has 1 aromatic heterocycles. The van der Waals surface area contributed by atoms with Gasteiger partial charge in [0.1, 0.15) is 42.3 Å². The molecule has 0 spiro atoms. The number of nitriles is 1. The molecule has 1 aliphatic heterocycles. The van der Waals surface area contributed by atoms with E-state index in [1.165, 1.54) is 12.1 Å². The average molecular weight is 1080 g/mol. The van der Waals surface area contributed by atoms with Crippen molar-refractivity contribution in [3.05, 3.63) is 107 Å². The van der Waals surface area contributed by atoms with Crippen molar-refractivity contribution in [1.29, 1.82) is 5.26 Å². The van der Waals surface area contributed by atoms with E-state index in [1.807, 2.05) is 24.3 Å². The van der Waals surface area contributed by atoms with Crippen molar-refractivity contribution in [3.63, 3.8) is 0 Å². The van der Waals surface area contributed by atoms with Crippen molar-refractivity contribution in [1.82, 2.24) is 42.2 Å². The van der Waals surface area contributed by atoms with Gasteiger partial charge in [0.05, 0.1) is 24.1 Å². The van der Waals surface area contributed by atoms with E-state index in [2.05, 4.69) is 42.2 Å². The fraction of sp³-hybridized carbons (Fsp3) is 0.423. The Morgan fingerprint density at radius 1 is 0.763 bits per heavy atom. The van der Waals surface area contributed by atoms with Crippen LogP contribution in [-0.2, 0) is 62.4 Å². The monoisotopic (exact) mass is 1080 g/mol. The number of nitrogens with one attached hydrogen (secondary N) is 8. The Balaban J connectivity index is 1.66. The number of fused-ring (bicyclic) bond motifs is 1. The number of hydrogen-bond acceptors (Lipinski definition) is 14. The Kier molecular flexibility index (Phi) is 21.8. The second-order valence-electron chi connectivity index (χ2n) is 19.2. The third kappa shape index (κ3) is 17.0. The van der Waals surface area contributed by atoms with E-state index in [0.717, 1.165) is 32.5 Å². The van der Waals surface area contributed by atoms with Gasteiger partial charge in [-0.05, 0) is 74.0 Å². The number of H-pyrrole nitrogens is 1. The zero-order valence-electron chi connectivity index (χ0n) is 42.4. The highest BCUT2D eigenvalue weighted by Gasteiger charge is 2.42. The molecular weight excluding hydrogens is 1020 g/mol. The van der Waals surface area contributed by atoms with Crippen LogP contribution in [0.1, 0.15) is 69.2 Å². The molecular formula is C52H65N11O11S2. The van der Waals surface area contributed by atoms with Crippen molar-refractivity contribution in [3.8, 4) is 6.07 Å². The number of carboxylic acids is 2. The second kappa shape index (κ2) is 27.9. The number of aromatic nitrogens is 1. The van der Waals surface area contributed by atoms with Crippen molar-refractivity contribution >= 4 is 85.8 Å². The first kappa shape index (κ1) is 59.4. The van der Waals surface area contributed by atoms with Crippen LogP contribution in [-0.4, -0.2) is 134 Å². The van der Waals surface area contributed by atoms with Crippen LogP contribution in [0.5, 0.6) is 0 Å². The topological polar surface area (TPSA) is 370 Å². The molecule has 0 aliphatic carbocycles. The van der Waals surface area contributed by atoms with Crippen LogP contribution in [0.15, 0.2) is 85.1 Å². The maximum Gasteiger partial charge on any atom is 0.326 e. The molecule has 2 heterocycles. The molecule has 4 aromatic rings. The molecule has 7 amide bonds. The van der Waals surface area contributed by atoms with Gasteiger partial charge in [0.2, 0.25) is 41.4 Å². The maximum atomic E-state index is 14.9. The van der Waals surface area contributed by atoms with E-state index in [0.29, 0.717) is 22.3 Å². The van der Waals surface area contributed by atoms with E-state index in [9.17, 15) is 58.6 Å². The van der Waals surface area contributed by atoms with Gasteiger partial charge in [0, 0.05) is 46.9 Å². The molecule has 14 N–H and O–H groups in total. The number of aromatic amines is 1. The van der Waals surface area contributed by atoms with E-state index < -0.39 is 119 Å². The fourth-order valence-electron chi connectivity index (χ4n) is 8.22. The van der Waals surface area contributed by atoms with Gasteiger partial charge < -0.3 is 63.9 Å². The Morgan fingerprint density at radius 2 is 1.32 bits per heavy atom. The lowest BCUT2D eigenvalue weighted by Crippen LogP contribution is -2.63. The van der Waals surface area contributed by atoms with Crippen LogP contribution in [0.25, 0.3) is 10.9 Å². The second-order valence-corrected chi connectivity index (χ2v) is 22.2. The van der Waals surface area contributed by atoms with E-state index in [1.54, 1.807) is 82.4 Å². The number of nitrogens with two attached hydrogens (primary N) is 2. The Morgan fingerprint density at radius 3 is 1.91 bits per heavy atom. The Hall–Kier alpha value is -7.46. The highest BCUT2D eigenvalue weighted by Crippen LogP contribution is 2.39. The van der Waals surface area contributed by atoms with Gasteiger partial charge in [-0.25, -0.2) is 4.79 Å². The van der Waals surface area contributed by atoms with Crippen LogP contribution in [0.3, 0.4) is 0 Å². The normalized spacial score (nSPS) is 21.8. The van der Waals surface area contributed by atoms with Gasteiger partial charge in [-0.2, -0.15) is 5.26 Å². The number of hydrogen-bond donors (Lipinski definition) is 12. The first-order valence-electron chi connectivity index (χ1n) is 24.5. The number of aliphatic carboxylic acids is 2. The highest BCUT2D eigenvalue weighted by molar-refractivity contribution is 8.77. The van der Waals surface area contributed by atoms with Crippen molar-refractivity contribution in [2.24, 2.45) is 17.4 Å².